The molecule has 0 saturated carbocycles. The molecule has 94 valence electrons. The fourth-order valence-electron chi connectivity index (χ4n) is 1.47. The van der Waals surface area contributed by atoms with Gasteiger partial charge < -0.3 is 10.4 Å². The summed E-state index contributed by atoms with van der Waals surface area (Å²) in [4.78, 5) is 12.0. The van der Waals surface area contributed by atoms with E-state index in [-0.39, 0.29) is 24.5 Å². The highest BCUT2D eigenvalue weighted by atomic mass is 79.9. The second-order valence-corrected chi connectivity index (χ2v) is 5.34. The molecule has 1 aromatic carbocycles. The monoisotopic (exact) mass is 299 g/mol. The molecule has 0 aromatic heterocycles. The molecule has 0 heterocycles. The number of rotatable bonds is 4. The topological polar surface area (TPSA) is 49.3 Å². The van der Waals surface area contributed by atoms with Gasteiger partial charge in [-0.2, -0.15) is 0 Å². The highest BCUT2D eigenvalue weighted by Crippen LogP contribution is 2.18. The molecule has 0 bridgehead atoms. The number of aryl methyl sites for hydroxylation is 1. The van der Waals surface area contributed by atoms with Crippen molar-refractivity contribution in [1.29, 1.82) is 0 Å². The smallest absolute Gasteiger partial charge is 0.252 e. The van der Waals surface area contributed by atoms with Gasteiger partial charge in [0.05, 0.1) is 18.2 Å². The molecule has 0 fully saturated rings. The van der Waals surface area contributed by atoms with Crippen LogP contribution in [0.25, 0.3) is 0 Å². The van der Waals surface area contributed by atoms with Crippen molar-refractivity contribution in [3.63, 3.8) is 0 Å². The van der Waals surface area contributed by atoms with E-state index in [1.165, 1.54) is 0 Å². The molecule has 0 aliphatic heterocycles. The Hall–Kier alpha value is -0.870. The predicted molar refractivity (Wildman–Crippen MR) is 72.1 cm³/mol. The van der Waals surface area contributed by atoms with Crippen LogP contribution in [0.3, 0.4) is 0 Å². The molecule has 0 spiro atoms. The van der Waals surface area contributed by atoms with Crippen molar-refractivity contribution < 1.29 is 9.90 Å². The van der Waals surface area contributed by atoms with E-state index < -0.39 is 0 Å². The molecule has 1 unspecified atom stereocenters. The third-order valence-corrected chi connectivity index (χ3v) is 3.34. The Labute approximate surface area is 110 Å². The van der Waals surface area contributed by atoms with Crippen LogP contribution in [0.4, 0.5) is 0 Å². The van der Waals surface area contributed by atoms with Gasteiger partial charge in [-0.05, 0) is 46.5 Å². The second kappa shape index (κ2) is 6.17. The van der Waals surface area contributed by atoms with E-state index in [4.69, 9.17) is 0 Å². The van der Waals surface area contributed by atoms with Crippen molar-refractivity contribution in [1.82, 2.24) is 5.32 Å². The van der Waals surface area contributed by atoms with E-state index in [9.17, 15) is 9.90 Å². The Morgan fingerprint density at radius 3 is 2.59 bits per heavy atom. The minimum absolute atomic E-state index is 0.0487. The molecule has 1 amide bonds. The van der Waals surface area contributed by atoms with Crippen LogP contribution in [0.2, 0.25) is 0 Å². The van der Waals surface area contributed by atoms with Crippen molar-refractivity contribution in [2.24, 2.45) is 5.92 Å². The number of benzene rings is 1. The molecule has 17 heavy (non-hydrogen) atoms. The maximum absolute atomic E-state index is 12.0. The lowest BCUT2D eigenvalue weighted by Crippen LogP contribution is -2.41. The lowest BCUT2D eigenvalue weighted by Gasteiger charge is -2.20. The fourth-order valence-corrected chi connectivity index (χ4v) is 2.15. The van der Waals surface area contributed by atoms with Gasteiger partial charge in [0.15, 0.2) is 0 Å². The quantitative estimate of drug-likeness (QED) is 0.897. The summed E-state index contributed by atoms with van der Waals surface area (Å²) in [6.07, 6.45) is 0. The zero-order chi connectivity index (χ0) is 13.0. The normalized spacial score (nSPS) is 12.6. The Kier molecular flexibility index (Phi) is 5.15. The van der Waals surface area contributed by atoms with Gasteiger partial charge in [0, 0.05) is 4.47 Å². The van der Waals surface area contributed by atoms with Crippen LogP contribution in [-0.4, -0.2) is 23.7 Å². The maximum Gasteiger partial charge on any atom is 0.252 e. The van der Waals surface area contributed by atoms with Crippen LogP contribution >= 0.6 is 15.9 Å². The van der Waals surface area contributed by atoms with E-state index in [2.05, 4.69) is 21.2 Å². The van der Waals surface area contributed by atoms with Crippen LogP contribution in [0.15, 0.2) is 22.7 Å². The van der Waals surface area contributed by atoms with Crippen molar-refractivity contribution in [3.8, 4) is 0 Å². The Balaban J connectivity index is 2.82. The number of hydrogen-bond acceptors (Lipinski definition) is 2. The molecule has 0 aliphatic rings. The maximum atomic E-state index is 12.0. The van der Waals surface area contributed by atoms with Gasteiger partial charge in [0.1, 0.15) is 0 Å². The number of nitrogens with one attached hydrogen (secondary N) is 1. The molecule has 4 heteroatoms. The number of aliphatic hydroxyl groups is 1. The summed E-state index contributed by atoms with van der Waals surface area (Å²) in [5.74, 6) is 0.0396. The summed E-state index contributed by atoms with van der Waals surface area (Å²) >= 11 is 3.37. The first-order chi connectivity index (χ1) is 7.95. The molecule has 3 nitrogen and oxygen atoms in total. The highest BCUT2D eigenvalue weighted by molar-refractivity contribution is 9.10. The van der Waals surface area contributed by atoms with Gasteiger partial charge in [0.2, 0.25) is 0 Å². The van der Waals surface area contributed by atoms with Crippen LogP contribution in [-0.2, 0) is 0 Å². The third-order valence-electron chi connectivity index (χ3n) is 2.69. The van der Waals surface area contributed by atoms with Crippen LogP contribution in [0.5, 0.6) is 0 Å². The van der Waals surface area contributed by atoms with Crippen LogP contribution in [0.1, 0.15) is 29.8 Å². The molecule has 1 aromatic rings. The molecule has 1 atom stereocenters. The first-order valence-electron chi connectivity index (χ1n) is 5.63. The molecule has 0 aliphatic carbocycles. The average Bonchev–Trinajstić information content (AvgIpc) is 2.24. The molecule has 2 N–H and O–H groups in total. The van der Waals surface area contributed by atoms with E-state index in [0.29, 0.717) is 5.56 Å². The second-order valence-electron chi connectivity index (χ2n) is 4.49. The van der Waals surface area contributed by atoms with E-state index in [0.717, 1.165) is 10.0 Å². The summed E-state index contributed by atoms with van der Waals surface area (Å²) in [7, 11) is 0. The van der Waals surface area contributed by atoms with Gasteiger partial charge in [-0.25, -0.2) is 0 Å². The first-order valence-corrected chi connectivity index (χ1v) is 6.43. The molecular weight excluding hydrogens is 282 g/mol. The Bertz CT molecular complexity index is 404. The molecule has 0 radical (unpaired) electrons. The van der Waals surface area contributed by atoms with Gasteiger partial charge in [-0.15, -0.1) is 0 Å². The zero-order valence-corrected chi connectivity index (χ0v) is 11.9. The van der Waals surface area contributed by atoms with Gasteiger partial charge in [0.25, 0.3) is 5.91 Å². The van der Waals surface area contributed by atoms with Gasteiger partial charge >= 0.3 is 0 Å². The van der Waals surface area contributed by atoms with E-state index >= 15 is 0 Å². The zero-order valence-electron chi connectivity index (χ0n) is 10.3. The van der Waals surface area contributed by atoms with Crippen LogP contribution < -0.4 is 5.32 Å². The van der Waals surface area contributed by atoms with Gasteiger partial charge in [-0.1, -0.05) is 19.9 Å². The first kappa shape index (κ1) is 14.2. The SMILES string of the molecule is Cc1ccc(C(=O)NC(CO)C(C)C)c(Br)c1. The molecular formula is C13H18BrNO2. The number of hydrogen-bond donors (Lipinski definition) is 2. The fraction of sp³-hybridized carbons (Fsp3) is 0.462. The summed E-state index contributed by atoms with van der Waals surface area (Å²) in [6.45, 7) is 5.85. The number of aliphatic hydroxyl groups excluding tert-OH is 1. The number of halogens is 1. The minimum Gasteiger partial charge on any atom is -0.394 e. The largest absolute Gasteiger partial charge is 0.394 e. The lowest BCUT2D eigenvalue weighted by atomic mass is 10.0. The van der Waals surface area contributed by atoms with Crippen LogP contribution in [0, 0.1) is 12.8 Å². The number of amides is 1. The molecule has 1 rings (SSSR count). The average molecular weight is 300 g/mol. The Morgan fingerprint density at radius 1 is 1.47 bits per heavy atom. The highest BCUT2D eigenvalue weighted by Gasteiger charge is 2.17. The third kappa shape index (κ3) is 3.82. The van der Waals surface area contributed by atoms with Crippen molar-refractivity contribution in [3.05, 3.63) is 33.8 Å². The van der Waals surface area contributed by atoms with Gasteiger partial charge in [-0.3, -0.25) is 4.79 Å². The van der Waals surface area contributed by atoms with Crippen molar-refractivity contribution in [2.45, 2.75) is 26.8 Å². The number of carbonyl (C=O) groups excluding carboxylic acids is 1. The van der Waals surface area contributed by atoms with E-state index in [1.807, 2.05) is 32.9 Å². The Morgan fingerprint density at radius 2 is 2.12 bits per heavy atom. The van der Waals surface area contributed by atoms with Crippen molar-refractivity contribution in [2.75, 3.05) is 6.61 Å². The van der Waals surface area contributed by atoms with Crippen molar-refractivity contribution >= 4 is 21.8 Å². The minimum atomic E-state index is -0.212. The standard InChI is InChI=1S/C13H18BrNO2/c1-8(2)12(7-16)15-13(17)10-5-4-9(3)6-11(10)14/h4-6,8,12,16H,7H2,1-3H3,(H,15,17). The lowest BCUT2D eigenvalue weighted by molar-refractivity contribution is 0.0896. The molecule has 0 saturated heterocycles. The summed E-state index contributed by atoms with van der Waals surface area (Å²) in [5, 5.41) is 12.0. The summed E-state index contributed by atoms with van der Waals surface area (Å²) in [5.41, 5.74) is 1.69. The number of carbonyl (C=O) groups is 1. The summed E-state index contributed by atoms with van der Waals surface area (Å²) < 4.78 is 0.774. The van der Waals surface area contributed by atoms with E-state index in [1.54, 1.807) is 6.07 Å². The summed E-state index contributed by atoms with van der Waals surface area (Å²) in [6, 6.07) is 5.36. The predicted octanol–water partition coefficient (Wildman–Crippen LogP) is 2.50.